The van der Waals surface area contributed by atoms with Crippen LogP contribution in [0, 0.1) is 17.8 Å². The summed E-state index contributed by atoms with van der Waals surface area (Å²) in [5.74, 6) is 2.54. The minimum atomic E-state index is -0.0697. The summed E-state index contributed by atoms with van der Waals surface area (Å²) in [5, 5.41) is 0. The molecule has 1 aliphatic rings. The third kappa shape index (κ3) is 22.2. The lowest BCUT2D eigenvalue weighted by Crippen LogP contribution is -2.20. The van der Waals surface area contributed by atoms with Crippen molar-refractivity contribution in [3.8, 4) is 0 Å². The van der Waals surface area contributed by atoms with Gasteiger partial charge in [-0.15, -0.1) is 0 Å². The maximum Gasteiger partial charge on any atom is 0.306 e. The summed E-state index contributed by atoms with van der Waals surface area (Å²) in [7, 11) is 5.59. The van der Waals surface area contributed by atoms with Gasteiger partial charge in [-0.1, -0.05) is 104 Å². The fraction of sp³-hybridized carbons (Fsp3) is 0.944. The van der Waals surface area contributed by atoms with Crippen molar-refractivity contribution in [2.75, 3.05) is 27.7 Å². The summed E-state index contributed by atoms with van der Waals surface area (Å²) in [6.07, 6.45) is 28.9. The van der Waals surface area contributed by atoms with Gasteiger partial charge < -0.3 is 14.4 Å². The highest BCUT2D eigenvalue weighted by Crippen LogP contribution is 2.48. The Labute approximate surface area is 255 Å². The van der Waals surface area contributed by atoms with Crippen molar-refractivity contribution >= 4 is 11.9 Å². The van der Waals surface area contributed by atoms with Crippen molar-refractivity contribution in [3.63, 3.8) is 0 Å². The third-order valence-corrected chi connectivity index (χ3v) is 9.24. The lowest BCUT2D eigenvalue weighted by molar-refractivity contribution is -0.150. The molecule has 1 saturated carbocycles. The van der Waals surface area contributed by atoms with Gasteiger partial charge in [0.1, 0.15) is 6.10 Å². The van der Waals surface area contributed by atoms with Gasteiger partial charge in [-0.25, -0.2) is 0 Å². The van der Waals surface area contributed by atoms with Crippen LogP contribution in [0.1, 0.15) is 168 Å². The van der Waals surface area contributed by atoms with Crippen LogP contribution in [0.3, 0.4) is 0 Å². The molecule has 0 aromatic heterocycles. The van der Waals surface area contributed by atoms with E-state index in [1.807, 2.05) is 0 Å². The monoisotopic (exact) mass is 580 g/mol. The second-order valence-corrected chi connectivity index (χ2v) is 13.4. The van der Waals surface area contributed by atoms with Crippen LogP contribution < -0.4 is 0 Å². The van der Waals surface area contributed by atoms with Crippen LogP contribution in [0.2, 0.25) is 0 Å². The Kier molecular flexibility index (Phi) is 23.5. The fourth-order valence-electron chi connectivity index (χ4n) is 6.40. The van der Waals surface area contributed by atoms with Crippen LogP contribution in [-0.2, 0) is 19.1 Å². The molecule has 5 nitrogen and oxygen atoms in total. The van der Waals surface area contributed by atoms with Crippen LogP contribution in [0.4, 0.5) is 0 Å². The molecule has 0 aromatic rings. The summed E-state index contributed by atoms with van der Waals surface area (Å²) in [5.41, 5.74) is 0. The molecule has 41 heavy (non-hydrogen) atoms. The molecule has 0 radical (unpaired) electrons. The maximum absolute atomic E-state index is 12.4. The van der Waals surface area contributed by atoms with Gasteiger partial charge in [0.05, 0.1) is 7.11 Å². The molecule has 4 unspecified atom stereocenters. The predicted octanol–water partition coefficient (Wildman–Crippen LogP) is 9.90. The standard InChI is InChI=1S/C36H69NO4/c1-6-7-8-9-12-16-19-25-33(41-36(39)28-22-29-37(3)4)26-20-17-14-11-10-13-15-18-24-32-30-34(32)31(2)23-21-27-35(38)40-5/h31-34H,6-30H2,1-5H3. The van der Waals surface area contributed by atoms with Crippen molar-refractivity contribution in [2.24, 2.45) is 17.8 Å². The Morgan fingerprint density at radius 1 is 0.707 bits per heavy atom. The molecule has 0 aromatic carbocycles. The molecule has 1 aliphatic carbocycles. The van der Waals surface area contributed by atoms with Gasteiger partial charge in [0, 0.05) is 12.8 Å². The Bertz CT molecular complexity index is 637. The highest BCUT2D eigenvalue weighted by Gasteiger charge is 2.39. The van der Waals surface area contributed by atoms with Gasteiger partial charge in [0.15, 0.2) is 0 Å². The molecule has 0 amide bonds. The highest BCUT2D eigenvalue weighted by atomic mass is 16.5. The number of unbranched alkanes of at least 4 members (excludes halogenated alkanes) is 13. The molecule has 0 N–H and O–H groups in total. The molecule has 0 bridgehead atoms. The first-order valence-electron chi connectivity index (χ1n) is 17.8. The number of esters is 2. The zero-order valence-corrected chi connectivity index (χ0v) is 28.1. The first kappa shape index (κ1) is 37.9. The molecule has 1 fully saturated rings. The topological polar surface area (TPSA) is 55.8 Å². The van der Waals surface area contributed by atoms with Crippen LogP contribution in [0.15, 0.2) is 0 Å². The van der Waals surface area contributed by atoms with Crippen molar-refractivity contribution in [3.05, 3.63) is 0 Å². The van der Waals surface area contributed by atoms with Gasteiger partial charge in [0.2, 0.25) is 0 Å². The molecule has 242 valence electrons. The molecular formula is C36H69NO4. The van der Waals surface area contributed by atoms with Crippen molar-refractivity contribution in [1.29, 1.82) is 0 Å². The second kappa shape index (κ2) is 25.4. The van der Waals surface area contributed by atoms with Crippen LogP contribution in [0.5, 0.6) is 0 Å². The average molecular weight is 580 g/mol. The Morgan fingerprint density at radius 2 is 1.24 bits per heavy atom. The van der Waals surface area contributed by atoms with Gasteiger partial charge in [-0.3, -0.25) is 9.59 Å². The second-order valence-electron chi connectivity index (χ2n) is 13.4. The lowest BCUT2D eigenvalue weighted by Gasteiger charge is -2.18. The van der Waals surface area contributed by atoms with E-state index in [9.17, 15) is 9.59 Å². The van der Waals surface area contributed by atoms with E-state index < -0.39 is 0 Å². The molecule has 0 heterocycles. The molecule has 4 atom stereocenters. The lowest BCUT2D eigenvalue weighted by atomic mass is 9.96. The van der Waals surface area contributed by atoms with Crippen molar-refractivity contribution < 1.29 is 19.1 Å². The summed E-state index contributed by atoms with van der Waals surface area (Å²) >= 11 is 0. The molecular weight excluding hydrogens is 510 g/mol. The van der Waals surface area contributed by atoms with Gasteiger partial charge in [-0.2, -0.15) is 0 Å². The molecule has 0 saturated heterocycles. The number of ether oxygens (including phenoxy) is 2. The van der Waals surface area contributed by atoms with E-state index in [2.05, 4.69) is 32.8 Å². The van der Waals surface area contributed by atoms with E-state index >= 15 is 0 Å². The first-order valence-corrected chi connectivity index (χ1v) is 17.8. The van der Waals surface area contributed by atoms with Crippen LogP contribution >= 0.6 is 0 Å². The number of hydrogen-bond donors (Lipinski definition) is 0. The molecule has 5 heteroatoms. The Hall–Kier alpha value is -1.10. The minimum absolute atomic E-state index is 0.00494. The van der Waals surface area contributed by atoms with Crippen molar-refractivity contribution in [2.45, 2.75) is 174 Å². The average Bonchev–Trinajstić information content (AvgIpc) is 3.72. The van der Waals surface area contributed by atoms with Gasteiger partial charge in [0.25, 0.3) is 0 Å². The van der Waals surface area contributed by atoms with E-state index in [0.717, 1.165) is 56.4 Å². The Balaban J connectivity index is 2.08. The summed E-state index contributed by atoms with van der Waals surface area (Å²) in [6, 6.07) is 0. The van der Waals surface area contributed by atoms with Crippen molar-refractivity contribution in [1.82, 2.24) is 4.90 Å². The zero-order chi connectivity index (χ0) is 30.1. The molecule has 0 spiro atoms. The van der Waals surface area contributed by atoms with E-state index in [1.165, 1.54) is 116 Å². The van der Waals surface area contributed by atoms with E-state index in [1.54, 1.807) is 0 Å². The smallest absolute Gasteiger partial charge is 0.306 e. The minimum Gasteiger partial charge on any atom is -0.469 e. The number of nitrogens with zero attached hydrogens (tertiary/aromatic N) is 1. The maximum atomic E-state index is 12.4. The third-order valence-electron chi connectivity index (χ3n) is 9.24. The predicted molar refractivity (Wildman–Crippen MR) is 173 cm³/mol. The summed E-state index contributed by atoms with van der Waals surface area (Å²) in [4.78, 5) is 25.8. The Morgan fingerprint density at radius 3 is 1.80 bits per heavy atom. The SMILES string of the molecule is CCCCCCCCCC(CCCCCCCCCCC1CC1C(C)CCCC(=O)OC)OC(=O)CCCN(C)C. The number of carbonyl (C=O) groups is 2. The fourth-order valence-corrected chi connectivity index (χ4v) is 6.40. The summed E-state index contributed by atoms with van der Waals surface area (Å²) in [6.45, 7) is 5.58. The zero-order valence-electron chi connectivity index (χ0n) is 28.1. The number of hydrogen-bond acceptors (Lipinski definition) is 5. The van der Waals surface area contributed by atoms with Crippen LogP contribution in [0.25, 0.3) is 0 Å². The van der Waals surface area contributed by atoms with E-state index in [0.29, 0.717) is 12.8 Å². The first-order chi connectivity index (χ1) is 19.9. The van der Waals surface area contributed by atoms with Gasteiger partial charge >= 0.3 is 11.9 Å². The number of rotatable bonds is 29. The highest BCUT2D eigenvalue weighted by molar-refractivity contribution is 5.69. The van der Waals surface area contributed by atoms with Crippen LogP contribution in [-0.4, -0.2) is 50.7 Å². The molecule has 1 rings (SSSR count). The number of carbonyl (C=O) groups excluding carboxylic acids is 2. The summed E-state index contributed by atoms with van der Waals surface area (Å²) < 4.78 is 10.7. The van der Waals surface area contributed by atoms with E-state index in [4.69, 9.17) is 9.47 Å². The quantitative estimate of drug-likeness (QED) is 0.0652. The normalized spacial score (nSPS) is 17.9. The molecule has 0 aliphatic heterocycles. The van der Waals surface area contributed by atoms with Gasteiger partial charge in [-0.05, 0) is 89.8 Å². The number of methoxy groups -OCH3 is 1. The largest absolute Gasteiger partial charge is 0.469 e. The van der Waals surface area contributed by atoms with E-state index in [-0.39, 0.29) is 18.0 Å².